The fourth-order valence-electron chi connectivity index (χ4n) is 1.22. The van der Waals surface area contributed by atoms with E-state index in [2.05, 4.69) is 4.98 Å². The highest BCUT2D eigenvalue weighted by atomic mass is 19.1. The van der Waals surface area contributed by atoms with Crippen molar-refractivity contribution in [3.05, 3.63) is 42.0 Å². The third-order valence-corrected chi connectivity index (χ3v) is 1.85. The molecule has 1 heterocycles. The summed E-state index contributed by atoms with van der Waals surface area (Å²) in [7, 11) is 0. The Morgan fingerprint density at radius 2 is 2.23 bits per heavy atom. The molecule has 3 heteroatoms. The number of rotatable bonds is 1. The Balaban J connectivity index is 2.79. The van der Waals surface area contributed by atoms with Gasteiger partial charge < -0.3 is 0 Å². The van der Waals surface area contributed by atoms with Crippen LogP contribution in [0.1, 0.15) is 10.5 Å². The standard InChI is InChI=1S/C10H6FNO/c11-10-3-1-2-7-4-8(6-13)12-5-9(7)10/h1-6H. The molecule has 0 saturated carbocycles. The first kappa shape index (κ1) is 7.86. The van der Waals surface area contributed by atoms with Gasteiger partial charge in [0.05, 0.1) is 0 Å². The van der Waals surface area contributed by atoms with Crippen molar-refractivity contribution in [3.8, 4) is 0 Å². The van der Waals surface area contributed by atoms with Gasteiger partial charge in [-0.15, -0.1) is 0 Å². The second-order valence-electron chi connectivity index (χ2n) is 2.69. The predicted molar refractivity (Wildman–Crippen MR) is 47.1 cm³/mol. The van der Waals surface area contributed by atoms with Crippen molar-refractivity contribution in [2.45, 2.75) is 0 Å². The Morgan fingerprint density at radius 1 is 1.38 bits per heavy atom. The number of nitrogens with zero attached hydrogens (tertiary/aromatic N) is 1. The average Bonchev–Trinajstić information content (AvgIpc) is 2.18. The average molecular weight is 175 g/mol. The molecule has 0 amide bonds. The van der Waals surface area contributed by atoms with Gasteiger partial charge in [-0.3, -0.25) is 9.78 Å². The minimum atomic E-state index is -0.317. The lowest BCUT2D eigenvalue weighted by molar-refractivity contribution is 0.111. The van der Waals surface area contributed by atoms with E-state index in [1.807, 2.05) is 0 Å². The number of halogens is 1. The van der Waals surface area contributed by atoms with Gasteiger partial charge in [-0.05, 0) is 17.5 Å². The van der Waals surface area contributed by atoms with E-state index in [0.717, 1.165) is 0 Å². The number of hydrogen-bond donors (Lipinski definition) is 0. The Hall–Kier alpha value is -1.77. The van der Waals surface area contributed by atoms with Crippen LogP contribution < -0.4 is 0 Å². The van der Waals surface area contributed by atoms with E-state index >= 15 is 0 Å². The first-order valence-electron chi connectivity index (χ1n) is 3.81. The molecule has 0 unspecified atom stereocenters. The second-order valence-corrected chi connectivity index (χ2v) is 2.69. The Bertz CT molecular complexity index is 467. The van der Waals surface area contributed by atoms with Crippen LogP contribution in [0, 0.1) is 5.82 Å². The van der Waals surface area contributed by atoms with Gasteiger partial charge in [-0.2, -0.15) is 0 Å². The van der Waals surface area contributed by atoms with Crippen molar-refractivity contribution in [3.63, 3.8) is 0 Å². The quantitative estimate of drug-likeness (QED) is 0.622. The maximum Gasteiger partial charge on any atom is 0.168 e. The van der Waals surface area contributed by atoms with Gasteiger partial charge in [0.1, 0.15) is 11.5 Å². The summed E-state index contributed by atoms with van der Waals surface area (Å²) in [6.45, 7) is 0. The molecule has 0 aliphatic carbocycles. The molecule has 0 fully saturated rings. The summed E-state index contributed by atoms with van der Waals surface area (Å²) in [6, 6.07) is 6.27. The third-order valence-electron chi connectivity index (χ3n) is 1.85. The monoisotopic (exact) mass is 175 g/mol. The molecular formula is C10H6FNO. The molecule has 0 aliphatic heterocycles. The van der Waals surface area contributed by atoms with Crippen molar-refractivity contribution in [1.82, 2.24) is 4.98 Å². The molecule has 0 saturated heterocycles. The molecule has 13 heavy (non-hydrogen) atoms. The highest BCUT2D eigenvalue weighted by Crippen LogP contribution is 2.16. The van der Waals surface area contributed by atoms with Crippen LogP contribution in [0.25, 0.3) is 10.8 Å². The minimum Gasteiger partial charge on any atom is -0.296 e. The molecule has 2 nitrogen and oxygen atoms in total. The first-order valence-corrected chi connectivity index (χ1v) is 3.81. The molecule has 0 bridgehead atoms. The van der Waals surface area contributed by atoms with Crippen molar-refractivity contribution < 1.29 is 9.18 Å². The summed E-state index contributed by atoms with van der Waals surface area (Å²) in [6.07, 6.45) is 2.01. The molecule has 0 aliphatic rings. The number of hydrogen-bond acceptors (Lipinski definition) is 2. The van der Waals surface area contributed by atoms with Crippen molar-refractivity contribution >= 4 is 17.1 Å². The summed E-state index contributed by atoms with van der Waals surface area (Å²) in [5.74, 6) is -0.317. The maximum absolute atomic E-state index is 13.1. The van der Waals surface area contributed by atoms with Gasteiger partial charge >= 0.3 is 0 Å². The maximum atomic E-state index is 13.1. The number of aldehydes is 1. The molecule has 2 aromatic rings. The molecule has 0 radical (unpaired) electrons. The van der Waals surface area contributed by atoms with Gasteiger partial charge in [0.25, 0.3) is 0 Å². The van der Waals surface area contributed by atoms with Crippen LogP contribution in [0.3, 0.4) is 0 Å². The van der Waals surface area contributed by atoms with Crippen LogP contribution in [-0.4, -0.2) is 11.3 Å². The lowest BCUT2D eigenvalue weighted by Gasteiger charge is -1.98. The number of carbonyl (C=O) groups is 1. The smallest absolute Gasteiger partial charge is 0.168 e. The van der Waals surface area contributed by atoms with Crippen molar-refractivity contribution in [2.24, 2.45) is 0 Å². The van der Waals surface area contributed by atoms with Gasteiger partial charge in [0.15, 0.2) is 6.29 Å². The van der Waals surface area contributed by atoms with E-state index in [1.54, 1.807) is 18.2 Å². The van der Waals surface area contributed by atoms with Crippen molar-refractivity contribution in [1.29, 1.82) is 0 Å². The van der Waals surface area contributed by atoms with Crippen molar-refractivity contribution in [2.75, 3.05) is 0 Å². The van der Waals surface area contributed by atoms with E-state index < -0.39 is 0 Å². The molecule has 0 N–H and O–H groups in total. The molecule has 1 aromatic heterocycles. The number of pyridine rings is 1. The fourth-order valence-corrected chi connectivity index (χ4v) is 1.22. The highest BCUT2D eigenvalue weighted by Gasteiger charge is 2.00. The lowest BCUT2D eigenvalue weighted by Crippen LogP contribution is -1.87. The first-order chi connectivity index (χ1) is 6.31. The van der Waals surface area contributed by atoms with Gasteiger partial charge in [-0.1, -0.05) is 12.1 Å². The third kappa shape index (κ3) is 1.28. The molecule has 1 aromatic carbocycles. The molecule has 0 spiro atoms. The zero-order valence-electron chi connectivity index (χ0n) is 6.70. The number of fused-ring (bicyclic) bond motifs is 1. The SMILES string of the molecule is O=Cc1cc2cccc(F)c2cn1. The number of carbonyl (C=O) groups excluding carboxylic acids is 1. The van der Waals surface area contributed by atoms with E-state index in [9.17, 15) is 9.18 Å². The predicted octanol–water partition coefficient (Wildman–Crippen LogP) is 2.19. The Labute approximate surface area is 74.0 Å². The minimum absolute atomic E-state index is 0.317. The summed E-state index contributed by atoms with van der Waals surface area (Å²) >= 11 is 0. The van der Waals surface area contributed by atoms with Crippen LogP contribution >= 0.6 is 0 Å². The largest absolute Gasteiger partial charge is 0.296 e. The normalized spacial score (nSPS) is 10.2. The van der Waals surface area contributed by atoms with Crippen LogP contribution in [0.5, 0.6) is 0 Å². The molecule has 64 valence electrons. The second kappa shape index (κ2) is 2.94. The summed E-state index contributed by atoms with van der Waals surface area (Å²) in [4.78, 5) is 14.2. The molecular weight excluding hydrogens is 169 g/mol. The van der Waals surface area contributed by atoms with E-state index in [1.165, 1.54) is 12.3 Å². The van der Waals surface area contributed by atoms with Crippen LogP contribution in [0.15, 0.2) is 30.5 Å². The van der Waals surface area contributed by atoms with Crippen LogP contribution in [0.2, 0.25) is 0 Å². The van der Waals surface area contributed by atoms with Gasteiger partial charge in [-0.25, -0.2) is 4.39 Å². The Kier molecular flexibility index (Phi) is 1.77. The molecule has 2 rings (SSSR count). The van der Waals surface area contributed by atoms with Gasteiger partial charge in [0, 0.05) is 11.6 Å². The summed E-state index contributed by atoms with van der Waals surface area (Å²) < 4.78 is 13.1. The van der Waals surface area contributed by atoms with E-state index in [-0.39, 0.29) is 5.82 Å². The van der Waals surface area contributed by atoms with Gasteiger partial charge in [0.2, 0.25) is 0 Å². The summed E-state index contributed by atoms with van der Waals surface area (Å²) in [5.41, 5.74) is 0.318. The Morgan fingerprint density at radius 3 is 3.00 bits per heavy atom. The van der Waals surface area contributed by atoms with Crippen LogP contribution in [0.4, 0.5) is 4.39 Å². The topological polar surface area (TPSA) is 30.0 Å². The number of benzene rings is 1. The number of aromatic nitrogens is 1. The highest BCUT2D eigenvalue weighted by molar-refractivity contribution is 5.86. The lowest BCUT2D eigenvalue weighted by atomic mass is 10.1. The van der Waals surface area contributed by atoms with E-state index in [0.29, 0.717) is 22.8 Å². The van der Waals surface area contributed by atoms with E-state index in [4.69, 9.17) is 0 Å². The zero-order chi connectivity index (χ0) is 9.26. The summed E-state index contributed by atoms with van der Waals surface area (Å²) in [5, 5.41) is 1.13. The zero-order valence-corrected chi connectivity index (χ0v) is 6.70. The fraction of sp³-hybridized carbons (Fsp3) is 0. The molecule has 0 atom stereocenters. The van der Waals surface area contributed by atoms with Crippen LogP contribution in [-0.2, 0) is 0 Å².